The molecule has 0 aliphatic carbocycles. The molecular weight excluding hydrogens is 351 g/mol. The molecule has 1 aromatic heterocycles. The van der Waals surface area contributed by atoms with Crippen molar-refractivity contribution in [2.45, 2.75) is 25.4 Å². The maximum absolute atomic E-state index is 13.3. The Kier molecular flexibility index (Phi) is 5.12. The lowest BCUT2D eigenvalue weighted by Gasteiger charge is -2.32. The van der Waals surface area contributed by atoms with Crippen LogP contribution in [0.15, 0.2) is 12.1 Å². The van der Waals surface area contributed by atoms with E-state index in [4.69, 9.17) is 0 Å². The molecule has 2 amide bonds. The third-order valence-corrected chi connectivity index (χ3v) is 4.45. The van der Waals surface area contributed by atoms with Crippen LogP contribution < -0.4 is 5.32 Å². The first-order chi connectivity index (χ1) is 12.4. The van der Waals surface area contributed by atoms with Gasteiger partial charge < -0.3 is 19.9 Å². The fraction of sp³-hybridized carbons (Fsp3) is 0.438. The van der Waals surface area contributed by atoms with Crippen molar-refractivity contribution in [2.24, 2.45) is 7.05 Å². The number of likely N-dealkylation sites (tertiary alicyclic amines) is 1. The summed E-state index contributed by atoms with van der Waals surface area (Å²) in [6.45, 7) is 0.580. The van der Waals surface area contributed by atoms with Gasteiger partial charge in [0.15, 0.2) is 23.3 Å². The van der Waals surface area contributed by atoms with Gasteiger partial charge in [-0.3, -0.25) is 0 Å². The highest BCUT2D eigenvalue weighted by Crippen LogP contribution is 2.26. The number of nitrogens with zero attached hydrogens (tertiary/aromatic N) is 4. The van der Waals surface area contributed by atoms with E-state index >= 15 is 0 Å². The number of aliphatic hydroxyl groups excluding tert-OH is 1. The van der Waals surface area contributed by atoms with Crippen molar-refractivity contribution >= 4 is 11.7 Å². The molecule has 7 nitrogen and oxygen atoms in total. The Morgan fingerprint density at radius 2 is 2.00 bits per heavy atom. The Hall–Kier alpha value is -2.62. The second kappa shape index (κ2) is 7.32. The van der Waals surface area contributed by atoms with E-state index in [2.05, 4.69) is 15.5 Å². The summed E-state index contributed by atoms with van der Waals surface area (Å²) in [5.74, 6) is -3.30. The lowest BCUT2D eigenvalue weighted by atomic mass is 9.97. The standard InChI is InChI=1S/C16H18F3N5O2/c1-23-13(8-25)21-22-15(23)9-3-2-4-24(7-9)16(26)20-10-5-11(17)14(19)12(18)6-10/h5-6,9,25H,2-4,7-8H2,1H3,(H,20,26)/t9-/m1/s1. The van der Waals surface area contributed by atoms with Crippen LogP contribution in [0.1, 0.15) is 30.4 Å². The van der Waals surface area contributed by atoms with Crippen LogP contribution >= 0.6 is 0 Å². The number of halogens is 3. The van der Waals surface area contributed by atoms with Gasteiger partial charge in [-0.25, -0.2) is 18.0 Å². The molecule has 0 unspecified atom stereocenters. The lowest BCUT2D eigenvalue weighted by molar-refractivity contribution is 0.190. The number of carbonyl (C=O) groups is 1. The number of benzene rings is 1. The van der Waals surface area contributed by atoms with Gasteiger partial charge in [-0.05, 0) is 12.8 Å². The highest BCUT2D eigenvalue weighted by atomic mass is 19.2. The molecule has 1 fully saturated rings. The third-order valence-electron chi connectivity index (χ3n) is 4.45. The number of piperidine rings is 1. The number of nitrogens with one attached hydrogen (secondary N) is 1. The molecule has 2 heterocycles. The second-order valence-electron chi connectivity index (χ2n) is 6.16. The van der Waals surface area contributed by atoms with E-state index in [0.717, 1.165) is 18.6 Å². The molecule has 0 bridgehead atoms. The van der Waals surface area contributed by atoms with Gasteiger partial charge in [0, 0.05) is 43.9 Å². The van der Waals surface area contributed by atoms with Gasteiger partial charge in [0.05, 0.1) is 0 Å². The van der Waals surface area contributed by atoms with Gasteiger partial charge in [0.1, 0.15) is 12.4 Å². The smallest absolute Gasteiger partial charge is 0.321 e. The number of hydrogen-bond acceptors (Lipinski definition) is 4. The molecule has 1 atom stereocenters. The average molecular weight is 369 g/mol. The number of aliphatic hydroxyl groups is 1. The number of carbonyl (C=O) groups excluding carboxylic acids is 1. The van der Waals surface area contributed by atoms with E-state index in [1.165, 1.54) is 4.90 Å². The van der Waals surface area contributed by atoms with Crippen LogP contribution in [-0.2, 0) is 13.7 Å². The average Bonchev–Trinajstić information content (AvgIpc) is 3.00. The number of urea groups is 1. The summed E-state index contributed by atoms with van der Waals surface area (Å²) in [5.41, 5.74) is -0.158. The van der Waals surface area contributed by atoms with Crippen molar-refractivity contribution in [3.05, 3.63) is 41.2 Å². The van der Waals surface area contributed by atoms with Crippen LogP contribution in [0.4, 0.5) is 23.7 Å². The molecule has 1 aliphatic rings. The molecule has 1 aliphatic heterocycles. The quantitative estimate of drug-likeness (QED) is 0.812. The number of rotatable bonds is 3. The molecule has 0 spiro atoms. The predicted octanol–water partition coefficient (Wildman–Crippen LogP) is 2.14. The molecular formula is C16H18F3N5O2. The lowest BCUT2D eigenvalue weighted by Crippen LogP contribution is -2.42. The first-order valence-corrected chi connectivity index (χ1v) is 8.10. The molecule has 1 aromatic carbocycles. The summed E-state index contributed by atoms with van der Waals surface area (Å²) in [4.78, 5) is 13.9. The Balaban J connectivity index is 1.71. The number of anilines is 1. The van der Waals surface area contributed by atoms with Crippen LogP contribution in [0.5, 0.6) is 0 Å². The van der Waals surface area contributed by atoms with Crippen molar-refractivity contribution in [1.29, 1.82) is 0 Å². The van der Waals surface area contributed by atoms with Crippen LogP contribution in [-0.4, -0.2) is 43.9 Å². The van der Waals surface area contributed by atoms with Crippen LogP contribution in [0.2, 0.25) is 0 Å². The number of hydrogen-bond donors (Lipinski definition) is 2. The predicted molar refractivity (Wildman–Crippen MR) is 85.8 cm³/mol. The maximum atomic E-state index is 13.3. The topological polar surface area (TPSA) is 83.3 Å². The van der Waals surface area contributed by atoms with Crippen molar-refractivity contribution in [3.63, 3.8) is 0 Å². The molecule has 2 N–H and O–H groups in total. The van der Waals surface area contributed by atoms with Crippen molar-refractivity contribution in [2.75, 3.05) is 18.4 Å². The van der Waals surface area contributed by atoms with Crippen LogP contribution in [0.25, 0.3) is 0 Å². The summed E-state index contributed by atoms with van der Waals surface area (Å²) >= 11 is 0. The van der Waals surface area contributed by atoms with Crippen LogP contribution in [0, 0.1) is 17.5 Å². The minimum Gasteiger partial charge on any atom is -0.388 e. The SMILES string of the molecule is Cn1c(CO)nnc1[C@@H]1CCCN(C(=O)Nc2cc(F)c(F)c(F)c2)C1. The van der Waals surface area contributed by atoms with E-state index in [9.17, 15) is 23.1 Å². The summed E-state index contributed by atoms with van der Waals surface area (Å²) < 4.78 is 41.3. The zero-order chi connectivity index (χ0) is 18.8. The molecule has 3 rings (SSSR count). The zero-order valence-corrected chi connectivity index (χ0v) is 14.0. The second-order valence-corrected chi connectivity index (χ2v) is 6.16. The minimum atomic E-state index is -1.58. The fourth-order valence-electron chi connectivity index (χ4n) is 3.07. The maximum Gasteiger partial charge on any atom is 0.321 e. The Morgan fingerprint density at radius 3 is 2.62 bits per heavy atom. The normalized spacial score (nSPS) is 17.4. The Morgan fingerprint density at radius 1 is 1.31 bits per heavy atom. The molecule has 0 saturated carbocycles. The van der Waals surface area contributed by atoms with Gasteiger partial charge in [0.25, 0.3) is 0 Å². The summed E-state index contributed by atoms with van der Waals surface area (Å²) in [6.07, 6.45) is 1.51. The van der Waals surface area contributed by atoms with E-state index in [1.807, 2.05) is 0 Å². The monoisotopic (exact) mass is 369 g/mol. The number of amides is 2. The molecule has 10 heteroatoms. The Labute approximate surface area is 147 Å². The van der Waals surface area contributed by atoms with Gasteiger partial charge in [0.2, 0.25) is 0 Å². The van der Waals surface area contributed by atoms with Gasteiger partial charge in [-0.15, -0.1) is 10.2 Å². The highest BCUT2D eigenvalue weighted by molar-refractivity contribution is 5.89. The molecule has 2 aromatic rings. The summed E-state index contributed by atoms with van der Waals surface area (Å²) in [6, 6.07) is 0.923. The third kappa shape index (κ3) is 3.50. The van der Waals surface area contributed by atoms with Crippen molar-refractivity contribution in [3.8, 4) is 0 Å². The minimum absolute atomic E-state index is 0.0750. The van der Waals surface area contributed by atoms with Gasteiger partial charge in [-0.1, -0.05) is 0 Å². The first kappa shape index (κ1) is 18.2. The van der Waals surface area contributed by atoms with E-state index < -0.39 is 23.5 Å². The summed E-state index contributed by atoms with van der Waals surface area (Å²) in [5, 5.41) is 19.6. The van der Waals surface area contributed by atoms with E-state index in [-0.39, 0.29) is 18.2 Å². The van der Waals surface area contributed by atoms with E-state index in [0.29, 0.717) is 31.2 Å². The van der Waals surface area contributed by atoms with Gasteiger partial charge in [-0.2, -0.15) is 0 Å². The molecule has 140 valence electrons. The fourth-order valence-corrected chi connectivity index (χ4v) is 3.07. The Bertz CT molecular complexity index is 803. The summed E-state index contributed by atoms with van der Waals surface area (Å²) in [7, 11) is 1.74. The first-order valence-electron chi connectivity index (χ1n) is 8.10. The molecule has 26 heavy (non-hydrogen) atoms. The van der Waals surface area contributed by atoms with Crippen LogP contribution in [0.3, 0.4) is 0 Å². The largest absolute Gasteiger partial charge is 0.388 e. The number of aromatic nitrogens is 3. The van der Waals surface area contributed by atoms with E-state index in [1.54, 1.807) is 11.6 Å². The van der Waals surface area contributed by atoms with Crippen molar-refractivity contribution < 1.29 is 23.1 Å². The van der Waals surface area contributed by atoms with Gasteiger partial charge >= 0.3 is 6.03 Å². The molecule has 0 radical (unpaired) electrons. The zero-order valence-electron chi connectivity index (χ0n) is 14.0. The molecule has 1 saturated heterocycles. The van der Waals surface area contributed by atoms with Crippen molar-refractivity contribution in [1.82, 2.24) is 19.7 Å². The highest BCUT2D eigenvalue weighted by Gasteiger charge is 2.28.